The van der Waals surface area contributed by atoms with Crippen molar-refractivity contribution in [2.24, 2.45) is 4.99 Å². The molecule has 5 rings (SSSR count). The van der Waals surface area contributed by atoms with E-state index in [-0.39, 0.29) is 0 Å². The van der Waals surface area contributed by atoms with Gasteiger partial charge in [0.05, 0.1) is 11.4 Å². The molecule has 174 valence electrons. The summed E-state index contributed by atoms with van der Waals surface area (Å²) in [5, 5.41) is 10.1. The highest BCUT2D eigenvalue weighted by molar-refractivity contribution is 7.19. The molecule has 0 unspecified atom stereocenters. The molecule has 0 saturated carbocycles. The third-order valence-electron chi connectivity index (χ3n) is 6.10. The van der Waals surface area contributed by atoms with E-state index in [1.54, 1.807) is 11.3 Å². The van der Waals surface area contributed by atoms with Gasteiger partial charge in [-0.2, -0.15) is 0 Å². The highest BCUT2D eigenvalue weighted by Gasteiger charge is 2.14. The first-order chi connectivity index (χ1) is 17.6. The van der Waals surface area contributed by atoms with Gasteiger partial charge in [0.2, 0.25) is 0 Å². The van der Waals surface area contributed by atoms with Crippen molar-refractivity contribution in [3.05, 3.63) is 155 Å². The van der Waals surface area contributed by atoms with Crippen LogP contribution in [0.15, 0.2) is 127 Å². The topological polar surface area (TPSA) is 36.2 Å². The number of rotatable bonds is 7. The number of thiophene rings is 1. The minimum Gasteiger partial charge on any atom is -0.300 e. The van der Waals surface area contributed by atoms with Gasteiger partial charge in [0, 0.05) is 37.9 Å². The number of aliphatic imine (C=N–C) groups is 1. The van der Waals surface area contributed by atoms with Crippen molar-refractivity contribution in [3.8, 4) is 0 Å². The van der Waals surface area contributed by atoms with Crippen LogP contribution in [0.2, 0.25) is 0 Å². The molecule has 0 bridgehead atoms. The normalized spacial score (nSPS) is 11.8. The van der Waals surface area contributed by atoms with Crippen LogP contribution in [0.1, 0.15) is 32.7 Å². The van der Waals surface area contributed by atoms with E-state index in [4.69, 9.17) is 10.4 Å². The van der Waals surface area contributed by atoms with Crippen molar-refractivity contribution in [2.75, 3.05) is 0 Å². The van der Waals surface area contributed by atoms with Gasteiger partial charge in [0.15, 0.2) is 0 Å². The Morgan fingerprint density at radius 2 is 1.42 bits per heavy atom. The fourth-order valence-electron chi connectivity index (χ4n) is 4.27. The highest BCUT2D eigenvalue weighted by atomic mass is 32.1. The first kappa shape index (κ1) is 23.4. The van der Waals surface area contributed by atoms with Crippen LogP contribution in [0, 0.1) is 12.3 Å². The SMILES string of the molecule is C=C(c1cccc(C(=N)/C=C(\N=Cc2ccccc2)c2ccccc2)c1)c1c(C)sc2ccccc12. The number of nitrogens with one attached hydrogen (secondary N) is 1. The van der Waals surface area contributed by atoms with Gasteiger partial charge in [-0.1, -0.05) is 104 Å². The Morgan fingerprint density at radius 1 is 0.778 bits per heavy atom. The molecule has 0 aliphatic carbocycles. The van der Waals surface area contributed by atoms with Crippen LogP contribution >= 0.6 is 11.3 Å². The maximum atomic E-state index is 8.90. The molecule has 1 aromatic heterocycles. The Morgan fingerprint density at radius 3 is 2.19 bits per heavy atom. The van der Waals surface area contributed by atoms with Crippen LogP contribution in [0.25, 0.3) is 21.4 Å². The largest absolute Gasteiger partial charge is 0.300 e. The van der Waals surface area contributed by atoms with Gasteiger partial charge in [-0.15, -0.1) is 11.3 Å². The number of allylic oxidation sites excluding steroid dienone is 1. The second-order valence-corrected chi connectivity index (χ2v) is 9.82. The molecule has 0 radical (unpaired) electrons. The Kier molecular flexibility index (Phi) is 6.83. The number of aryl methyl sites for hydroxylation is 1. The highest BCUT2D eigenvalue weighted by Crippen LogP contribution is 2.37. The van der Waals surface area contributed by atoms with E-state index in [1.165, 1.54) is 20.5 Å². The zero-order valence-corrected chi connectivity index (χ0v) is 20.9. The van der Waals surface area contributed by atoms with Crippen LogP contribution in [-0.4, -0.2) is 11.9 Å². The Bertz CT molecular complexity index is 1610. The summed E-state index contributed by atoms with van der Waals surface area (Å²) in [6.45, 7) is 6.60. The zero-order valence-electron chi connectivity index (χ0n) is 20.1. The van der Waals surface area contributed by atoms with Crippen LogP contribution in [-0.2, 0) is 0 Å². The second kappa shape index (κ2) is 10.5. The van der Waals surface area contributed by atoms with E-state index in [0.717, 1.165) is 33.5 Å². The Labute approximate surface area is 216 Å². The molecule has 1 N–H and O–H groups in total. The molecule has 36 heavy (non-hydrogen) atoms. The standard InChI is InChI=1S/C33H26N2S/c1-23(33-24(2)36-32-19-10-9-18-29(32)33)27-16-11-17-28(20-27)30(34)21-31(26-14-7-4-8-15-26)35-22-25-12-5-3-6-13-25/h3-22,34H,1H2,2H3/b31-21-,34-30?,35-22?. The van der Waals surface area contributed by atoms with Gasteiger partial charge >= 0.3 is 0 Å². The summed E-state index contributed by atoms with van der Waals surface area (Å²) >= 11 is 1.79. The maximum Gasteiger partial charge on any atom is 0.0723 e. The van der Waals surface area contributed by atoms with E-state index in [0.29, 0.717) is 5.71 Å². The summed E-state index contributed by atoms with van der Waals surface area (Å²) < 4.78 is 1.27. The van der Waals surface area contributed by atoms with Crippen LogP contribution in [0.3, 0.4) is 0 Å². The van der Waals surface area contributed by atoms with Crippen molar-refractivity contribution in [3.63, 3.8) is 0 Å². The summed E-state index contributed by atoms with van der Waals surface area (Å²) in [7, 11) is 0. The number of hydrogen-bond donors (Lipinski definition) is 1. The van der Waals surface area contributed by atoms with Crippen LogP contribution in [0.4, 0.5) is 0 Å². The molecule has 3 heteroatoms. The molecule has 1 heterocycles. The Hall–Kier alpha value is -4.34. The van der Waals surface area contributed by atoms with Gasteiger partial charge in [0.25, 0.3) is 0 Å². The lowest BCUT2D eigenvalue weighted by Crippen LogP contribution is -1.98. The first-order valence-electron chi connectivity index (χ1n) is 11.8. The lowest BCUT2D eigenvalue weighted by Gasteiger charge is -2.10. The molecule has 5 aromatic rings. The van der Waals surface area contributed by atoms with Crippen molar-refractivity contribution >= 4 is 44.6 Å². The van der Waals surface area contributed by atoms with E-state index in [9.17, 15) is 0 Å². The van der Waals surface area contributed by atoms with Gasteiger partial charge < -0.3 is 5.41 Å². The van der Waals surface area contributed by atoms with E-state index in [1.807, 2.05) is 85.1 Å². The summed E-state index contributed by atoms with van der Waals surface area (Å²) in [6, 6.07) is 36.6. The molecule has 0 amide bonds. The van der Waals surface area contributed by atoms with Crippen molar-refractivity contribution in [1.82, 2.24) is 0 Å². The molecule has 0 atom stereocenters. The summed E-state index contributed by atoms with van der Waals surface area (Å²) in [5.74, 6) is 0. The zero-order chi connectivity index (χ0) is 24.9. The molecule has 2 nitrogen and oxygen atoms in total. The van der Waals surface area contributed by atoms with Crippen LogP contribution < -0.4 is 0 Å². The molecular weight excluding hydrogens is 456 g/mol. The summed E-state index contributed by atoms with van der Waals surface area (Å²) in [5.41, 5.74) is 7.15. The predicted octanol–water partition coefficient (Wildman–Crippen LogP) is 8.80. The molecule has 4 aromatic carbocycles. The molecule has 0 fully saturated rings. The molecule has 0 aliphatic rings. The van der Waals surface area contributed by atoms with Gasteiger partial charge in [-0.25, -0.2) is 0 Å². The lowest BCUT2D eigenvalue weighted by molar-refractivity contribution is 1.46. The number of nitrogens with zero attached hydrogens (tertiary/aromatic N) is 1. The molecule has 0 spiro atoms. The van der Waals surface area contributed by atoms with Crippen molar-refractivity contribution in [1.29, 1.82) is 5.41 Å². The number of benzene rings is 4. The van der Waals surface area contributed by atoms with E-state index < -0.39 is 0 Å². The first-order valence-corrected chi connectivity index (χ1v) is 12.6. The average molecular weight is 483 g/mol. The Balaban J connectivity index is 1.49. The van der Waals surface area contributed by atoms with E-state index >= 15 is 0 Å². The van der Waals surface area contributed by atoms with Crippen LogP contribution in [0.5, 0.6) is 0 Å². The monoisotopic (exact) mass is 482 g/mol. The van der Waals surface area contributed by atoms with E-state index in [2.05, 4.69) is 49.9 Å². The van der Waals surface area contributed by atoms with Gasteiger partial charge in [-0.05, 0) is 41.8 Å². The minimum absolute atomic E-state index is 0.403. The lowest BCUT2D eigenvalue weighted by atomic mass is 9.94. The van der Waals surface area contributed by atoms with Gasteiger partial charge in [0.1, 0.15) is 0 Å². The quantitative estimate of drug-likeness (QED) is 0.225. The fourth-order valence-corrected chi connectivity index (χ4v) is 5.36. The molecule has 0 saturated heterocycles. The number of fused-ring (bicyclic) bond motifs is 1. The van der Waals surface area contributed by atoms with Crippen molar-refractivity contribution in [2.45, 2.75) is 6.92 Å². The summed E-state index contributed by atoms with van der Waals surface area (Å²) in [6.07, 6.45) is 3.68. The predicted molar refractivity (Wildman–Crippen MR) is 156 cm³/mol. The second-order valence-electron chi connectivity index (χ2n) is 8.57. The third kappa shape index (κ3) is 5.02. The smallest absolute Gasteiger partial charge is 0.0723 e. The number of hydrogen-bond acceptors (Lipinski definition) is 3. The third-order valence-corrected chi connectivity index (χ3v) is 7.18. The fraction of sp³-hybridized carbons (Fsp3) is 0.0303. The summed E-state index contributed by atoms with van der Waals surface area (Å²) in [4.78, 5) is 6.01. The minimum atomic E-state index is 0.403. The van der Waals surface area contributed by atoms with Crippen molar-refractivity contribution < 1.29 is 0 Å². The molecular formula is C33H26N2S. The van der Waals surface area contributed by atoms with Gasteiger partial charge in [-0.3, -0.25) is 4.99 Å². The average Bonchev–Trinajstić information content (AvgIpc) is 3.27. The maximum absolute atomic E-state index is 8.90. The molecule has 0 aliphatic heterocycles.